The molecule has 6 aliphatic rings. The molecule has 5 fully saturated rings. The van der Waals surface area contributed by atoms with E-state index >= 15 is 0 Å². The first-order valence-electron chi connectivity index (χ1n) is 12.6. The van der Waals surface area contributed by atoms with Crippen molar-refractivity contribution in [2.24, 2.45) is 58.0 Å². The molecule has 27 heavy (non-hydrogen) atoms. The van der Waals surface area contributed by atoms with Crippen molar-refractivity contribution in [2.45, 2.75) is 96.4 Å². The van der Waals surface area contributed by atoms with Gasteiger partial charge in [0.2, 0.25) is 0 Å². The highest BCUT2D eigenvalue weighted by atomic mass is 14.8. The lowest BCUT2D eigenvalue weighted by molar-refractivity contribution is -0.0371. The fourth-order valence-corrected chi connectivity index (χ4v) is 10.9. The van der Waals surface area contributed by atoms with Gasteiger partial charge in [0.15, 0.2) is 0 Å². The van der Waals surface area contributed by atoms with Crippen LogP contribution in [0.1, 0.15) is 90.4 Å². The van der Waals surface area contributed by atoms with Crippen LogP contribution in [0.3, 0.4) is 0 Å². The van der Waals surface area contributed by atoms with Crippen molar-refractivity contribution < 1.29 is 0 Å². The number of fused-ring (bicyclic) bond motifs is 10. The van der Waals surface area contributed by atoms with Gasteiger partial charge in [-0.3, -0.25) is 0 Å². The van der Waals surface area contributed by atoms with Crippen LogP contribution in [0.4, 0.5) is 0 Å². The predicted molar refractivity (Wildman–Crippen MR) is 112 cm³/mol. The zero-order valence-electron chi connectivity index (χ0n) is 17.5. The molecule has 10 atom stereocenters. The monoisotopic (exact) mass is 367 g/mol. The van der Waals surface area contributed by atoms with Gasteiger partial charge in [0.1, 0.15) is 0 Å². The summed E-state index contributed by atoms with van der Waals surface area (Å²) in [6.45, 7) is 2.71. The van der Waals surface area contributed by atoms with Crippen LogP contribution < -0.4 is 5.73 Å². The van der Waals surface area contributed by atoms with Gasteiger partial charge in [-0.25, -0.2) is 0 Å². The summed E-state index contributed by atoms with van der Waals surface area (Å²) in [5, 5.41) is 0. The lowest BCUT2D eigenvalue weighted by Gasteiger charge is -2.52. The zero-order chi connectivity index (χ0) is 18.2. The summed E-state index contributed by atoms with van der Waals surface area (Å²) in [4.78, 5) is 0. The second-order valence-corrected chi connectivity index (χ2v) is 11.8. The Kier molecular flexibility index (Phi) is 3.96. The third kappa shape index (κ3) is 2.11. The van der Waals surface area contributed by atoms with Crippen LogP contribution in [-0.4, -0.2) is 6.04 Å². The second kappa shape index (κ2) is 6.10. The summed E-state index contributed by atoms with van der Waals surface area (Å²) < 4.78 is 0. The maximum Gasteiger partial charge on any atom is 0.00418 e. The minimum absolute atomic E-state index is 0.497. The summed E-state index contributed by atoms with van der Waals surface area (Å²) in [7, 11) is 0. The largest absolute Gasteiger partial charge is 0.328 e. The Morgan fingerprint density at radius 1 is 0.741 bits per heavy atom. The fraction of sp³-hybridized carbons (Fsp3) is 0.923. The van der Waals surface area contributed by atoms with Gasteiger partial charge in [-0.2, -0.15) is 0 Å². The number of hydrogen-bond acceptors (Lipinski definition) is 1. The molecule has 1 spiro atoms. The van der Waals surface area contributed by atoms with E-state index in [0.717, 1.165) is 41.4 Å². The van der Waals surface area contributed by atoms with Gasteiger partial charge in [0, 0.05) is 6.04 Å². The molecule has 0 saturated heterocycles. The molecule has 2 N–H and O–H groups in total. The van der Waals surface area contributed by atoms with Crippen LogP contribution >= 0.6 is 0 Å². The molecular formula is C26H41N. The fourth-order valence-electron chi connectivity index (χ4n) is 10.9. The molecular weight excluding hydrogens is 326 g/mol. The number of allylic oxidation sites excluding steroid dienone is 2. The van der Waals surface area contributed by atoms with Crippen molar-refractivity contribution in [1.29, 1.82) is 0 Å². The maximum absolute atomic E-state index is 6.69. The molecule has 1 heteroatoms. The third-order valence-electron chi connectivity index (χ3n) is 11.3. The average Bonchev–Trinajstić information content (AvgIpc) is 3.11. The predicted octanol–water partition coefficient (Wildman–Crippen LogP) is 6.33. The molecule has 5 saturated carbocycles. The van der Waals surface area contributed by atoms with Crippen LogP contribution in [0.15, 0.2) is 12.2 Å². The highest BCUT2D eigenvalue weighted by molar-refractivity contribution is 5.26. The molecule has 6 rings (SSSR count). The lowest BCUT2D eigenvalue weighted by Crippen LogP contribution is -2.48. The summed E-state index contributed by atoms with van der Waals surface area (Å²) in [6.07, 6.45) is 24.5. The quantitative estimate of drug-likeness (QED) is 0.497. The Labute approximate surface area is 166 Å². The Balaban J connectivity index is 1.54. The van der Waals surface area contributed by atoms with E-state index in [1.165, 1.54) is 64.2 Å². The van der Waals surface area contributed by atoms with Crippen molar-refractivity contribution in [3.05, 3.63) is 12.2 Å². The molecule has 0 amide bonds. The van der Waals surface area contributed by atoms with Crippen molar-refractivity contribution in [1.82, 2.24) is 0 Å². The molecule has 10 unspecified atom stereocenters. The van der Waals surface area contributed by atoms with E-state index < -0.39 is 0 Å². The molecule has 0 heterocycles. The third-order valence-corrected chi connectivity index (χ3v) is 11.3. The van der Waals surface area contributed by atoms with Crippen LogP contribution in [0, 0.1) is 52.3 Å². The van der Waals surface area contributed by atoms with Crippen molar-refractivity contribution in [2.75, 3.05) is 0 Å². The van der Waals surface area contributed by atoms with Crippen molar-refractivity contribution >= 4 is 0 Å². The van der Waals surface area contributed by atoms with Crippen LogP contribution in [0.5, 0.6) is 0 Å². The minimum atomic E-state index is 0.497. The van der Waals surface area contributed by atoms with Gasteiger partial charge < -0.3 is 5.73 Å². The molecule has 6 aliphatic carbocycles. The highest BCUT2D eigenvalue weighted by Gasteiger charge is 2.74. The van der Waals surface area contributed by atoms with E-state index in [9.17, 15) is 0 Å². The Hall–Kier alpha value is -0.300. The van der Waals surface area contributed by atoms with Gasteiger partial charge in [-0.05, 0) is 110 Å². The number of hydrogen-bond donors (Lipinski definition) is 1. The van der Waals surface area contributed by atoms with Crippen LogP contribution in [-0.2, 0) is 0 Å². The van der Waals surface area contributed by atoms with Gasteiger partial charge >= 0.3 is 0 Å². The molecule has 0 aromatic heterocycles. The summed E-state index contributed by atoms with van der Waals surface area (Å²) in [5.41, 5.74) is 7.85. The first-order valence-corrected chi connectivity index (χ1v) is 12.6. The Morgan fingerprint density at radius 3 is 2.30 bits per heavy atom. The molecule has 0 aromatic carbocycles. The normalized spacial score (nSPS) is 59.2. The van der Waals surface area contributed by atoms with E-state index in [-0.39, 0.29) is 0 Å². The van der Waals surface area contributed by atoms with E-state index in [4.69, 9.17) is 5.73 Å². The number of nitrogens with two attached hydrogens (primary N) is 1. The molecule has 150 valence electrons. The first-order chi connectivity index (χ1) is 13.2. The van der Waals surface area contributed by atoms with Gasteiger partial charge in [0.25, 0.3) is 0 Å². The zero-order valence-corrected chi connectivity index (χ0v) is 17.5. The van der Waals surface area contributed by atoms with Crippen LogP contribution in [0.2, 0.25) is 0 Å². The van der Waals surface area contributed by atoms with Gasteiger partial charge in [-0.15, -0.1) is 0 Å². The van der Waals surface area contributed by atoms with E-state index in [0.29, 0.717) is 16.9 Å². The molecule has 0 aliphatic heterocycles. The molecule has 0 aromatic rings. The number of rotatable bonds is 0. The summed E-state index contributed by atoms with van der Waals surface area (Å²) in [5.74, 6) is 7.09. The van der Waals surface area contributed by atoms with Crippen LogP contribution in [0.25, 0.3) is 0 Å². The van der Waals surface area contributed by atoms with Crippen molar-refractivity contribution in [3.63, 3.8) is 0 Å². The highest BCUT2D eigenvalue weighted by Crippen LogP contribution is 2.79. The first kappa shape index (κ1) is 17.5. The summed E-state index contributed by atoms with van der Waals surface area (Å²) >= 11 is 0. The molecule has 0 radical (unpaired) electrons. The Morgan fingerprint density at radius 2 is 1.44 bits per heavy atom. The van der Waals surface area contributed by atoms with Gasteiger partial charge in [0.05, 0.1) is 0 Å². The van der Waals surface area contributed by atoms with Crippen molar-refractivity contribution in [3.8, 4) is 0 Å². The topological polar surface area (TPSA) is 26.0 Å². The SMILES string of the molecule is CC12C=CCCC1C1(C3CCCCC3C3CCC(N)CC31)C1CCCCC12. The van der Waals surface area contributed by atoms with E-state index in [1.807, 2.05) is 0 Å². The van der Waals surface area contributed by atoms with E-state index in [2.05, 4.69) is 19.1 Å². The van der Waals surface area contributed by atoms with Gasteiger partial charge in [-0.1, -0.05) is 44.8 Å². The summed E-state index contributed by atoms with van der Waals surface area (Å²) in [6, 6.07) is 0.497. The maximum atomic E-state index is 6.69. The molecule has 0 bridgehead atoms. The second-order valence-electron chi connectivity index (χ2n) is 11.8. The lowest BCUT2D eigenvalue weighted by atomic mass is 9.52. The smallest absolute Gasteiger partial charge is 0.00418 e. The average molecular weight is 368 g/mol. The Bertz CT molecular complexity index is 624. The minimum Gasteiger partial charge on any atom is -0.328 e. The molecule has 1 nitrogen and oxygen atoms in total. The standard InChI is InChI=1S/C26H41N/c1-25-15-7-6-12-24(25)26(22-11-5-4-10-21(22)25)20-9-3-2-8-18(20)19-14-13-17(27)16-23(19)26/h7,15,17-24H,2-6,8-14,16,27H2,1H3. The van der Waals surface area contributed by atoms with E-state index in [1.54, 1.807) is 19.3 Å².